The highest BCUT2D eigenvalue weighted by atomic mass is 19.4. The molecule has 1 aromatic carbocycles. The summed E-state index contributed by atoms with van der Waals surface area (Å²) in [6.07, 6.45) is -33.5. The van der Waals surface area contributed by atoms with Crippen molar-refractivity contribution in [3.8, 4) is 0 Å². The highest BCUT2D eigenvalue weighted by Crippen LogP contribution is 2.37. The third kappa shape index (κ3) is 6.69. The van der Waals surface area contributed by atoms with Crippen LogP contribution in [0.5, 0.6) is 0 Å². The first-order valence-corrected chi connectivity index (χ1v) is 7.03. The molecule has 0 unspecified atom stereocenters. The largest absolute Gasteiger partial charge is 0.439 e. The first kappa shape index (κ1) is 25.4. The van der Waals surface area contributed by atoms with Gasteiger partial charge in [0.25, 0.3) is 12.2 Å². The van der Waals surface area contributed by atoms with Crippen LogP contribution in [0.25, 0.3) is 0 Å². The van der Waals surface area contributed by atoms with Crippen molar-refractivity contribution < 1.29 is 71.7 Å². The van der Waals surface area contributed by atoms with Gasteiger partial charge in [-0.3, -0.25) is 0 Å². The van der Waals surface area contributed by atoms with Gasteiger partial charge in [0.05, 0.1) is 11.1 Å². The average Bonchev–Trinajstić information content (AvgIpc) is 2.53. The van der Waals surface area contributed by atoms with Gasteiger partial charge in [0, 0.05) is 0 Å². The molecule has 0 aliphatic heterocycles. The van der Waals surface area contributed by atoms with Gasteiger partial charge in [0.2, 0.25) is 0 Å². The fourth-order valence-corrected chi connectivity index (χ4v) is 1.76. The summed E-state index contributed by atoms with van der Waals surface area (Å²) < 4.78 is 155. The van der Waals surface area contributed by atoms with Gasteiger partial charge in [-0.15, -0.1) is 0 Å². The molecular weight excluding hydrogens is 460 g/mol. The second-order valence-corrected chi connectivity index (χ2v) is 5.32. The second-order valence-electron chi connectivity index (χ2n) is 5.32. The highest BCUT2D eigenvalue weighted by molar-refractivity contribution is 5.95. The first-order valence-electron chi connectivity index (χ1n) is 7.03. The third-order valence-corrected chi connectivity index (χ3v) is 2.97. The minimum Gasteiger partial charge on any atom is -0.439 e. The van der Waals surface area contributed by atoms with Crippen molar-refractivity contribution in [3.63, 3.8) is 0 Å². The van der Waals surface area contributed by atoms with Crippen molar-refractivity contribution in [2.45, 2.75) is 36.9 Å². The summed E-state index contributed by atoms with van der Waals surface area (Å²) >= 11 is 0. The maximum atomic E-state index is 12.4. The van der Waals surface area contributed by atoms with Crippen LogP contribution in [0.2, 0.25) is 0 Å². The fourth-order valence-electron chi connectivity index (χ4n) is 1.76. The molecule has 0 aromatic heterocycles. The van der Waals surface area contributed by atoms with E-state index in [0.717, 1.165) is 0 Å². The zero-order chi connectivity index (χ0) is 23.7. The van der Waals surface area contributed by atoms with Crippen molar-refractivity contribution >= 4 is 11.9 Å². The Bertz CT molecular complexity index is 686. The minimum atomic E-state index is -6.09. The molecule has 0 atom stereocenters. The standard InChI is InChI=1S/C14H6F12O4/c15-11(16,17)9(12(18,19)20)29-7(27)5-2-1-3-6(4-5)8(28)30-10(13(21,22)23)14(24,25)26/h1-4,9-10H. The molecule has 0 spiro atoms. The summed E-state index contributed by atoms with van der Waals surface area (Å²) in [7, 11) is 0. The number of halogens is 12. The molecule has 0 saturated heterocycles. The number of carbonyl (C=O) groups excluding carboxylic acids is 2. The monoisotopic (exact) mass is 466 g/mol. The molecule has 0 amide bonds. The van der Waals surface area contributed by atoms with Crippen LogP contribution in [0.4, 0.5) is 52.7 Å². The maximum absolute atomic E-state index is 12.4. The quantitative estimate of drug-likeness (QED) is 0.464. The van der Waals surface area contributed by atoms with Gasteiger partial charge in [-0.05, 0) is 18.2 Å². The molecular formula is C14H6F12O4. The number of ether oxygens (including phenoxy) is 2. The van der Waals surface area contributed by atoms with Crippen LogP contribution in [0.15, 0.2) is 24.3 Å². The molecule has 0 saturated carbocycles. The molecule has 16 heteroatoms. The molecule has 1 rings (SSSR count). The lowest BCUT2D eigenvalue weighted by Gasteiger charge is -2.23. The zero-order valence-electron chi connectivity index (χ0n) is 13.6. The summed E-state index contributed by atoms with van der Waals surface area (Å²) in [5.74, 6) is -4.63. The molecule has 0 radical (unpaired) electrons. The highest BCUT2D eigenvalue weighted by Gasteiger charge is 2.61. The molecule has 170 valence electrons. The fraction of sp³-hybridized carbons (Fsp3) is 0.429. The molecule has 0 N–H and O–H groups in total. The van der Waals surface area contributed by atoms with Crippen LogP contribution in [0.1, 0.15) is 20.7 Å². The molecule has 4 nitrogen and oxygen atoms in total. The minimum absolute atomic E-state index is 0.0955. The average molecular weight is 466 g/mol. The van der Waals surface area contributed by atoms with E-state index in [2.05, 4.69) is 9.47 Å². The molecule has 0 aliphatic rings. The molecule has 0 heterocycles. The van der Waals surface area contributed by atoms with E-state index in [0.29, 0.717) is 18.2 Å². The molecule has 0 fully saturated rings. The van der Waals surface area contributed by atoms with Crippen LogP contribution in [0.3, 0.4) is 0 Å². The number of hydrogen-bond donors (Lipinski definition) is 0. The summed E-state index contributed by atoms with van der Waals surface area (Å²) in [6.45, 7) is 0. The van der Waals surface area contributed by atoms with Crippen molar-refractivity contribution in [2.24, 2.45) is 0 Å². The first-order chi connectivity index (χ1) is 13.2. The van der Waals surface area contributed by atoms with Crippen LogP contribution >= 0.6 is 0 Å². The number of benzene rings is 1. The summed E-state index contributed by atoms with van der Waals surface area (Å²) in [5.41, 5.74) is -2.42. The SMILES string of the molecule is O=C(OC(C(F)(F)F)C(F)(F)F)c1cccc(C(=O)OC(C(F)(F)F)C(F)(F)F)c1. The summed E-state index contributed by atoms with van der Waals surface area (Å²) in [5, 5.41) is 0. The Labute approximate surface area is 157 Å². The smallest absolute Gasteiger partial charge is 0.434 e. The Hall–Kier alpha value is -2.68. The Morgan fingerprint density at radius 3 is 1.10 bits per heavy atom. The van der Waals surface area contributed by atoms with Crippen LogP contribution in [0, 0.1) is 0 Å². The lowest BCUT2D eigenvalue weighted by Crippen LogP contribution is -2.45. The Kier molecular flexibility index (Phi) is 6.94. The topological polar surface area (TPSA) is 52.6 Å². The predicted molar refractivity (Wildman–Crippen MR) is 69.1 cm³/mol. The normalized spacial score (nSPS) is 13.5. The summed E-state index contributed by atoms with van der Waals surface area (Å²) in [6, 6.07) is 1.65. The zero-order valence-corrected chi connectivity index (χ0v) is 13.6. The van der Waals surface area contributed by atoms with Gasteiger partial charge in [-0.2, -0.15) is 52.7 Å². The Morgan fingerprint density at radius 2 is 0.867 bits per heavy atom. The van der Waals surface area contributed by atoms with E-state index in [9.17, 15) is 62.3 Å². The van der Waals surface area contributed by atoms with E-state index in [4.69, 9.17) is 0 Å². The van der Waals surface area contributed by atoms with E-state index >= 15 is 0 Å². The Morgan fingerprint density at radius 1 is 0.600 bits per heavy atom. The second kappa shape index (κ2) is 8.22. The number of alkyl halides is 12. The predicted octanol–water partition coefficient (Wildman–Crippen LogP) is 4.99. The third-order valence-electron chi connectivity index (χ3n) is 2.97. The van der Waals surface area contributed by atoms with Gasteiger partial charge >= 0.3 is 36.6 Å². The van der Waals surface area contributed by atoms with Gasteiger partial charge in [0.1, 0.15) is 0 Å². The van der Waals surface area contributed by atoms with E-state index < -0.39 is 60.0 Å². The van der Waals surface area contributed by atoms with Gasteiger partial charge in [0.15, 0.2) is 0 Å². The lowest BCUT2D eigenvalue weighted by atomic mass is 10.1. The lowest BCUT2D eigenvalue weighted by molar-refractivity contribution is -0.307. The Balaban J connectivity index is 3.12. The van der Waals surface area contributed by atoms with Crippen molar-refractivity contribution in [3.05, 3.63) is 35.4 Å². The van der Waals surface area contributed by atoms with Crippen molar-refractivity contribution in [2.75, 3.05) is 0 Å². The van der Waals surface area contributed by atoms with Gasteiger partial charge < -0.3 is 9.47 Å². The van der Waals surface area contributed by atoms with Gasteiger partial charge in [-0.25, -0.2) is 9.59 Å². The maximum Gasteiger partial charge on any atom is 0.434 e. The van der Waals surface area contributed by atoms with Crippen molar-refractivity contribution in [1.82, 2.24) is 0 Å². The number of carbonyl (C=O) groups is 2. The van der Waals surface area contributed by atoms with Crippen LogP contribution < -0.4 is 0 Å². The molecule has 0 aliphatic carbocycles. The van der Waals surface area contributed by atoms with Crippen molar-refractivity contribution in [1.29, 1.82) is 0 Å². The van der Waals surface area contributed by atoms with Gasteiger partial charge in [-0.1, -0.05) is 6.07 Å². The number of rotatable bonds is 4. The molecule has 0 bridgehead atoms. The van der Waals surface area contributed by atoms with E-state index in [1.54, 1.807) is 0 Å². The number of hydrogen-bond acceptors (Lipinski definition) is 4. The van der Waals surface area contributed by atoms with Crippen LogP contribution in [-0.2, 0) is 9.47 Å². The van der Waals surface area contributed by atoms with E-state index in [1.165, 1.54) is 0 Å². The molecule has 1 aromatic rings. The summed E-state index contributed by atoms with van der Waals surface area (Å²) in [4.78, 5) is 23.1. The molecule has 30 heavy (non-hydrogen) atoms. The van der Waals surface area contributed by atoms with E-state index in [1.807, 2.05) is 0 Å². The van der Waals surface area contributed by atoms with Crippen LogP contribution in [-0.4, -0.2) is 48.9 Å². The van der Waals surface area contributed by atoms with E-state index in [-0.39, 0.29) is 6.07 Å². The number of esters is 2.